The van der Waals surface area contributed by atoms with E-state index in [1.807, 2.05) is 6.20 Å². The molecule has 3 fully saturated rings. The van der Waals surface area contributed by atoms with E-state index in [1.54, 1.807) is 0 Å². The van der Waals surface area contributed by atoms with Gasteiger partial charge in [0.25, 0.3) is 0 Å². The summed E-state index contributed by atoms with van der Waals surface area (Å²) in [5, 5.41) is 2.62. The summed E-state index contributed by atoms with van der Waals surface area (Å²) in [6.45, 7) is 0. The summed E-state index contributed by atoms with van der Waals surface area (Å²) in [7, 11) is 0. The van der Waals surface area contributed by atoms with Gasteiger partial charge in [-0.15, -0.1) is 0 Å². The topological polar surface area (TPSA) is 56.0 Å². The lowest BCUT2D eigenvalue weighted by atomic mass is 9.47. The van der Waals surface area contributed by atoms with Crippen molar-refractivity contribution in [1.29, 1.82) is 0 Å². The molecule has 1 heterocycles. The van der Waals surface area contributed by atoms with Crippen molar-refractivity contribution in [1.82, 2.24) is 4.98 Å². The summed E-state index contributed by atoms with van der Waals surface area (Å²) < 4.78 is 0. The summed E-state index contributed by atoms with van der Waals surface area (Å²) in [5.41, 5.74) is 7.34. The first kappa shape index (κ1) is 12.9. The lowest BCUT2D eigenvalue weighted by Crippen LogP contribution is -2.52. The minimum atomic E-state index is -0.102. The van der Waals surface area contributed by atoms with E-state index in [9.17, 15) is 4.79 Å². The number of nitrogens with zero attached hydrogens (tertiary/aromatic N) is 1. The number of amides is 1. The molecule has 0 bridgehead atoms. The second-order valence-corrected chi connectivity index (χ2v) is 8.05. The molecule has 2 unspecified atom stereocenters. The van der Waals surface area contributed by atoms with Crippen LogP contribution in [0.2, 0.25) is 0 Å². The monoisotopic (exact) mass is 294 g/mol. The summed E-state index contributed by atoms with van der Waals surface area (Å²) in [6.07, 6.45) is 14.0. The molecule has 3 saturated carbocycles. The van der Waals surface area contributed by atoms with Crippen LogP contribution in [0, 0.1) is 23.2 Å². The van der Waals surface area contributed by atoms with E-state index in [1.165, 1.54) is 41.8 Å². The van der Waals surface area contributed by atoms with E-state index in [4.69, 9.17) is 5.73 Å². The van der Waals surface area contributed by atoms with E-state index < -0.39 is 0 Å². The third-order valence-corrected chi connectivity index (χ3v) is 6.75. The van der Waals surface area contributed by atoms with Gasteiger partial charge in [0.15, 0.2) is 0 Å². The second-order valence-electron chi connectivity index (χ2n) is 8.05. The van der Waals surface area contributed by atoms with Crippen LogP contribution in [0.5, 0.6) is 0 Å². The van der Waals surface area contributed by atoms with Crippen LogP contribution in [0.1, 0.15) is 50.0 Å². The SMILES string of the molecule is NC(=O)C1CC2(C1)CC(c1ccnc3c1=CC1CCC1C=3)C2. The molecule has 1 aromatic heterocycles. The van der Waals surface area contributed by atoms with E-state index >= 15 is 0 Å². The maximum Gasteiger partial charge on any atom is 0.220 e. The van der Waals surface area contributed by atoms with Gasteiger partial charge in [0.2, 0.25) is 5.91 Å². The predicted octanol–water partition coefficient (Wildman–Crippen LogP) is 1.44. The molecule has 2 N–H and O–H groups in total. The van der Waals surface area contributed by atoms with Gasteiger partial charge < -0.3 is 5.73 Å². The number of aromatic nitrogens is 1. The Morgan fingerprint density at radius 3 is 2.55 bits per heavy atom. The van der Waals surface area contributed by atoms with Gasteiger partial charge in [0.05, 0.1) is 5.35 Å². The molecule has 5 rings (SSSR count). The Morgan fingerprint density at radius 1 is 1.14 bits per heavy atom. The number of pyridine rings is 1. The van der Waals surface area contributed by atoms with Crippen LogP contribution >= 0.6 is 0 Å². The van der Waals surface area contributed by atoms with Crippen molar-refractivity contribution < 1.29 is 4.79 Å². The van der Waals surface area contributed by atoms with Gasteiger partial charge in [-0.05, 0) is 78.5 Å². The zero-order chi connectivity index (χ0) is 14.9. The largest absolute Gasteiger partial charge is 0.369 e. The zero-order valence-electron chi connectivity index (χ0n) is 12.8. The van der Waals surface area contributed by atoms with E-state index in [0.717, 1.165) is 24.7 Å². The minimum absolute atomic E-state index is 0.102. The van der Waals surface area contributed by atoms with Crippen molar-refractivity contribution in [3.63, 3.8) is 0 Å². The standard InChI is InChI=1S/C19H22N2O/c20-18(22)14-9-19(10-14)7-13(8-19)15-3-4-21-17-6-12-2-1-11(12)5-16(15)17/h3-6,11-14H,1-2,7-10H2,(H2,20,22). The highest BCUT2D eigenvalue weighted by Gasteiger charge is 2.54. The Bertz CT molecular complexity index is 767. The van der Waals surface area contributed by atoms with E-state index in [-0.39, 0.29) is 11.8 Å². The van der Waals surface area contributed by atoms with Gasteiger partial charge in [0, 0.05) is 12.1 Å². The van der Waals surface area contributed by atoms with Gasteiger partial charge in [-0.1, -0.05) is 12.2 Å². The van der Waals surface area contributed by atoms with Crippen molar-refractivity contribution in [3.05, 3.63) is 28.4 Å². The molecular formula is C19H22N2O. The molecule has 22 heavy (non-hydrogen) atoms. The Balaban J connectivity index is 1.41. The molecule has 2 atom stereocenters. The van der Waals surface area contributed by atoms with Crippen molar-refractivity contribution in [3.8, 4) is 0 Å². The minimum Gasteiger partial charge on any atom is -0.369 e. The molecule has 1 spiro atoms. The number of primary amides is 1. The Hall–Kier alpha value is -1.64. The molecule has 4 aliphatic carbocycles. The Labute approximate surface area is 130 Å². The first-order chi connectivity index (χ1) is 10.6. The number of nitrogens with two attached hydrogens (primary N) is 1. The number of fused-ring (bicyclic) bond motifs is 2. The smallest absolute Gasteiger partial charge is 0.220 e. The first-order valence-electron chi connectivity index (χ1n) is 8.62. The molecule has 0 aliphatic heterocycles. The summed E-state index contributed by atoms with van der Waals surface area (Å²) in [5.74, 6) is 2.20. The third kappa shape index (κ3) is 1.68. The number of hydrogen-bond acceptors (Lipinski definition) is 2. The molecule has 1 aromatic rings. The van der Waals surface area contributed by atoms with Crippen LogP contribution in [0.4, 0.5) is 0 Å². The lowest BCUT2D eigenvalue weighted by Gasteiger charge is -2.57. The first-order valence-corrected chi connectivity index (χ1v) is 8.62. The van der Waals surface area contributed by atoms with Crippen molar-refractivity contribution in [2.45, 2.75) is 44.4 Å². The van der Waals surface area contributed by atoms with E-state index in [0.29, 0.717) is 11.3 Å². The highest BCUT2D eigenvalue weighted by atomic mass is 16.1. The molecule has 3 nitrogen and oxygen atoms in total. The summed E-state index contributed by atoms with van der Waals surface area (Å²) in [6, 6.07) is 2.23. The quantitative estimate of drug-likeness (QED) is 0.897. The molecule has 114 valence electrons. The fraction of sp³-hybridized carbons (Fsp3) is 0.579. The summed E-state index contributed by atoms with van der Waals surface area (Å²) >= 11 is 0. The second kappa shape index (κ2) is 4.21. The van der Waals surface area contributed by atoms with Gasteiger partial charge in [0.1, 0.15) is 0 Å². The fourth-order valence-corrected chi connectivity index (χ4v) is 5.28. The molecule has 0 radical (unpaired) electrons. The number of carbonyl (C=O) groups is 1. The molecular weight excluding hydrogens is 272 g/mol. The van der Waals surface area contributed by atoms with Crippen molar-refractivity contribution >= 4 is 18.1 Å². The van der Waals surface area contributed by atoms with E-state index in [2.05, 4.69) is 23.2 Å². The van der Waals surface area contributed by atoms with Crippen LogP contribution in [-0.2, 0) is 4.79 Å². The normalized spacial score (nSPS) is 40.9. The molecule has 0 saturated heterocycles. The van der Waals surface area contributed by atoms with Crippen molar-refractivity contribution in [2.24, 2.45) is 28.9 Å². The Morgan fingerprint density at radius 2 is 1.86 bits per heavy atom. The van der Waals surface area contributed by atoms with Crippen LogP contribution < -0.4 is 16.3 Å². The number of hydrogen-bond donors (Lipinski definition) is 1. The molecule has 4 aliphatic rings. The molecule has 1 amide bonds. The van der Waals surface area contributed by atoms with Crippen LogP contribution in [0.25, 0.3) is 12.2 Å². The maximum atomic E-state index is 11.2. The molecule has 3 heteroatoms. The lowest BCUT2D eigenvalue weighted by molar-refractivity contribution is -0.134. The molecule has 0 aromatic carbocycles. The van der Waals surface area contributed by atoms with Gasteiger partial charge in [-0.2, -0.15) is 0 Å². The maximum absolute atomic E-state index is 11.2. The van der Waals surface area contributed by atoms with Gasteiger partial charge in [-0.25, -0.2) is 0 Å². The zero-order valence-corrected chi connectivity index (χ0v) is 12.8. The van der Waals surface area contributed by atoms with Gasteiger partial charge in [-0.3, -0.25) is 9.78 Å². The van der Waals surface area contributed by atoms with Crippen LogP contribution in [-0.4, -0.2) is 10.9 Å². The fourth-order valence-electron chi connectivity index (χ4n) is 5.28. The number of carbonyl (C=O) groups excluding carboxylic acids is 1. The average Bonchev–Trinajstić information content (AvgIpc) is 2.37. The number of rotatable bonds is 2. The van der Waals surface area contributed by atoms with Crippen LogP contribution in [0.3, 0.4) is 0 Å². The van der Waals surface area contributed by atoms with Crippen molar-refractivity contribution in [2.75, 3.05) is 0 Å². The average molecular weight is 294 g/mol. The Kier molecular flexibility index (Phi) is 2.46. The third-order valence-electron chi connectivity index (χ3n) is 6.75. The highest BCUT2D eigenvalue weighted by molar-refractivity contribution is 5.78. The highest BCUT2D eigenvalue weighted by Crippen LogP contribution is 2.63. The van der Waals surface area contributed by atoms with Gasteiger partial charge >= 0.3 is 0 Å². The van der Waals surface area contributed by atoms with Crippen LogP contribution in [0.15, 0.2) is 12.3 Å². The summed E-state index contributed by atoms with van der Waals surface area (Å²) in [4.78, 5) is 15.8. The predicted molar refractivity (Wildman–Crippen MR) is 85.0 cm³/mol.